The van der Waals surface area contributed by atoms with Crippen LogP contribution in [0, 0.1) is 11.3 Å². The average Bonchev–Trinajstić information content (AvgIpc) is 3.42. The van der Waals surface area contributed by atoms with E-state index in [4.69, 9.17) is 9.57 Å². The second kappa shape index (κ2) is 12.9. The average molecular weight is 515 g/mol. The maximum Gasteiger partial charge on any atom is 0.308 e. The summed E-state index contributed by atoms with van der Waals surface area (Å²) in [7, 11) is 0. The molecule has 1 amide bonds. The van der Waals surface area contributed by atoms with Crippen molar-refractivity contribution in [2.45, 2.75) is 85.6 Å². The second-order valence-corrected chi connectivity index (χ2v) is 11.5. The molecule has 3 unspecified atom stereocenters. The van der Waals surface area contributed by atoms with Gasteiger partial charge < -0.3 is 9.84 Å². The first-order valence-electron chi connectivity index (χ1n) is 13.9. The molecule has 0 radical (unpaired) electrons. The monoisotopic (exact) mass is 514 g/mol. The third-order valence-corrected chi connectivity index (χ3v) is 7.37. The summed E-state index contributed by atoms with van der Waals surface area (Å²) in [6.45, 7) is 14.9. The number of unbranched alkanes of at least 4 members (excludes halogenated alkanes) is 1. The van der Waals surface area contributed by atoms with Gasteiger partial charge in [-0.15, -0.1) is 0 Å². The topological polar surface area (TPSA) is 79.3 Å². The Morgan fingerprint density at radius 1 is 1.24 bits per heavy atom. The van der Waals surface area contributed by atoms with Gasteiger partial charge in [-0.05, 0) is 55.7 Å². The van der Waals surface area contributed by atoms with Crippen LogP contribution in [0.5, 0.6) is 5.75 Å². The number of carbonyl (C=O) groups is 2. The highest BCUT2D eigenvalue weighted by Crippen LogP contribution is 2.44. The quantitative estimate of drug-likeness (QED) is 0.279. The normalized spacial score (nSPS) is 21.4. The molecule has 1 fully saturated rings. The number of carboxylic acids is 1. The van der Waals surface area contributed by atoms with Crippen LogP contribution in [-0.4, -0.2) is 65.8 Å². The van der Waals surface area contributed by atoms with E-state index >= 15 is 0 Å². The lowest BCUT2D eigenvalue weighted by atomic mass is 9.77. The van der Waals surface area contributed by atoms with Crippen molar-refractivity contribution in [3.8, 4) is 5.75 Å². The first-order valence-corrected chi connectivity index (χ1v) is 13.9. The molecule has 0 spiro atoms. The molecule has 1 aromatic carbocycles. The van der Waals surface area contributed by atoms with E-state index in [0.29, 0.717) is 32.7 Å². The van der Waals surface area contributed by atoms with Crippen LogP contribution in [0.15, 0.2) is 29.8 Å². The molecule has 2 heterocycles. The molecule has 1 saturated heterocycles. The van der Waals surface area contributed by atoms with Crippen LogP contribution in [0.25, 0.3) is 0 Å². The molecule has 0 saturated carbocycles. The number of ether oxygens (including phenoxy) is 1. The number of rotatable bonds is 13. The lowest BCUT2D eigenvalue weighted by molar-refractivity contribution is -0.188. The standard InChI is InChI=1S/C30H46N2O5/c1-7-9-13-32(37-14-8-2)27(33)20-31-19-24(22-10-11-26-23(16-22)12-15-36-26)28(29(34)35)25(31)18-30(5,6)17-21(3)4/h10-11,16-17,24-25,28H,7-9,12-15,18-20H2,1-6H3,(H,34,35). The number of hydrogen-bond acceptors (Lipinski definition) is 5. The van der Waals surface area contributed by atoms with Crippen molar-refractivity contribution in [2.24, 2.45) is 11.3 Å². The molecule has 0 aromatic heterocycles. The van der Waals surface area contributed by atoms with Gasteiger partial charge in [-0.3, -0.25) is 19.3 Å². The van der Waals surface area contributed by atoms with E-state index in [1.54, 1.807) is 0 Å². The summed E-state index contributed by atoms with van der Waals surface area (Å²) >= 11 is 0. The minimum Gasteiger partial charge on any atom is -0.493 e. The van der Waals surface area contributed by atoms with Crippen LogP contribution in [0.1, 0.15) is 84.3 Å². The minimum atomic E-state index is -0.806. The first kappa shape index (κ1) is 29.2. The number of likely N-dealkylation sites (tertiary alicyclic amines) is 1. The van der Waals surface area contributed by atoms with E-state index in [0.717, 1.165) is 42.6 Å². The Kier molecular flexibility index (Phi) is 10.2. The van der Waals surface area contributed by atoms with Gasteiger partial charge in [0.1, 0.15) is 5.75 Å². The van der Waals surface area contributed by atoms with Crippen LogP contribution < -0.4 is 4.74 Å². The lowest BCUT2D eigenvalue weighted by Gasteiger charge is -2.34. The second-order valence-electron chi connectivity index (χ2n) is 11.5. The predicted molar refractivity (Wildman–Crippen MR) is 146 cm³/mol. The number of carboxylic acid groups (broad SMARTS) is 1. The molecular formula is C30H46N2O5. The molecule has 1 aromatic rings. The van der Waals surface area contributed by atoms with Gasteiger partial charge in [-0.1, -0.05) is 57.9 Å². The Bertz CT molecular complexity index is 961. The van der Waals surface area contributed by atoms with Crippen molar-refractivity contribution in [2.75, 3.05) is 32.8 Å². The zero-order chi connectivity index (χ0) is 27.2. The Morgan fingerprint density at radius 2 is 2.00 bits per heavy atom. The molecule has 0 bridgehead atoms. The van der Waals surface area contributed by atoms with E-state index in [-0.39, 0.29) is 29.8 Å². The molecule has 3 rings (SSSR count). The number of carbonyl (C=O) groups excluding carboxylic acids is 1. The fraction of sp³-hybridized carbons (Fsp3) is 0.667. The zero-order valence-electron chi connectivity index (χ0n) is 23.6. The number of hydrogen-bond donors (Lipinski definition) is 1. The van der Waals surface area contributed by atoms with Crippen LogP contribution >= 0.6 is 0 Å². The van der Waals surface area contributed by atoms with E-state index in [2.05, 4.69) is 51.7 Å². The number of fused-ring (bicyclic) bond motifs is 1. The van der Waals surface area contributed by atoms with Gasteiger partial charge in [0, 0.05) is 31.5 Å². The lowest BCUT2D eigenvalue weighted by Crippen LogP contribution is -2.45. The zero-order valence-corrected chi connectivity index (χ0v) is 23.6. The number of hydroxylamine groups is 2. The highest BCUT2D eigenvalue weighted by Gasteiger charge is 2.48. The van der Waals surface area contributed by atoms with Crippen molar-refractivity contribution < 1.29 is 24.3 Å². The smallest absolute Gasteiger partial charge is 0.308 e. The summed E-state index contributed by atoms with van der Waals surface area (Å²) in [5.41, 5.74) is 3.14. The molecule has 0 aliphatic carbocycles. The van der Waals surface area contributed by atoms with Crippen molar-refractivity contribution >= 4 is 11.9 Å². The van der Waals surface area contributed by atoms with E-state index < -0.39 is 11.9 Å². The maximum atomic E-state index is 13.5. The van der Waals surface area contributed by atoms with E-state index in [9.17, 15) is 14.7 Å². The molecule has 1 N–H and O–H groups in total. The summed E-state index contributed by atoms with van der Waals surface area (Å²) in [6.07, 6.45) is 6.36. The molecule has 206 valence electrons. The Hall–Kier alpha value is -2.38. The number of aliphatic carboxylic acids is 1. The van der Waals surface area contributed by atoms with Crippen molar-refractivity contribution in [1.29, 1.82) is 0 Å². The maximum absolute atomic E-state index is 13.5. The summed E-state index contributed by atoms with van der Waals surface area (Å²) < 4.78 is 5.68. The Morgan fingerprint density at radius 3 is 2.65 bits per heavy atom. The summed E-state index contributed by atoms with van der Waals surface area (Å²) in [4.78, 5) is 34.2. The summed E-state index contributed by atoms with van der Waals surface area (Å²) in [5, 5.41) is 12.0. The van der Waals surface area contributed by atoms with Gasteiger partial charge in [-0.2, -0.15) is 0 Å². The third kappa shape index (κ3) is 7.57. The van der Waals surface area contributed by atoms with Gasteiger partial charge in [0.05, 0.1) is 25.7 Å². The van der Waals surface area contributed by atoms with Gasteiger partial charge in [0.15, 0.2) is 0 Å². The number of nitrogens with zero attached hydrogens (tertiary/aromatic N) is 2. The highest BCUT2D eigenvalue weighted by molar-refractivity contribution is 5.78. The fourth-order valence-electron chi connectivity index (χ4n) is 5.92. The van der Waals surface area contributed by atoms with Crippen molar-refractivity contribution in [3.05, 3.63) is 41.0 Å². The molecule has 3 atom stereocenters. The SMILES string of the molecule is CCCCN(OCCC)C(=O)CN1CC(c2ccc3c(c2)CCO3)C(C(=O)O)C1CC(C)(C)C=C(C)C. The molecule has 37 heavy (non-hydrogen) atoms. The summed E-state index contributed by atoms with van der Waals surface area (Å²) in [6, 6.07) is 5.81. The van der Waals surface area contributed by atoms with Gasteiger partial charge in [0.25, 0.3) is 5.91 Å². The van der Waals surface area contributed by atoms with Crippen LogP contribution in [0.2, 0.25) is 0 Å². The van der Waals surface area contributed by atoms with Crippen molar-refractivity contribution in [3.63, 3.8) is 0 Å². The molecule has 7 heteroatoms. The van der Waals surface area contributed by atoms with Crippen LogP contribution in [0.3, 0.4) is 0 Å². The van der Waals surface area contributed by atoms with Gasteiger partial charge in [0.2, 0.25) is 0 Å². The predicted octanol–water partition coefficient (Wildman–Crippen LogP) is 5.44. The van der Waals surface area contributed by atoms with E-state index in [1.807, 2.05) is 19.1 Å². The number of allylic oxidation sites excluding steroid dienone is 2. The molecule has 2 aliphatic heterocycles. The largest absolute Gasteiger partial charge is 0.493 e. The van der Waals surface area contributed by atoms with E-state index in [1.165, 1.54) is 10.6 Å². The Labute approximate surface area is 222 Å². The van der Waals surface area contributed by atoms with Gasteiger partial charge >= 0.3 is 5.97 Å². The first-order chi connectivity index (χ1) is 17.6. The number of amides is 1. The highest BCUT2D eigenvalue weighted by atomic mass is 16.7. The van der Waals surface area contributed by atoms with Crippen LogP contribution in [0.4, 0.5) is 0 Å². The summed E-state index contributed by atoms with van der Waals surface area (Å²) in [5.74, 6) is -0.830. The Balaban J connectivity index is 1.93. The molecule has 2 aliphatic rings. The van der Waals surface area contributed by atoms with Gasteiger partial charge in [-0.25, -0.2) is 5.06 Å². The fourth-order valence-corrected chi connectivity index (χ4v) is 5.92. The minimum absolute atomic E-state index is 0.0981. The third-order valence-electron chi connectivity index (χ3n) is 7.37. The number of benzene rings is 1. The van der Waals surface area contributed by atoms with Crippen LogP contribution in [-0.2, 0) is 20.8 Å². The van der Waals surface area contributed by atoms with Crippen molar-refractivity contribution in [1.82, 2.24) is 9.96 Å². The molecular weight excluding hydrogens is 468 g/mol. The molecule has 7 nitrogen and oxygen atoms in total.